The Bertz CT molecular complexity index is 368. The molecule has 0 aliphatic rings. The Morgan fingerprint density at radius 2 is 1.84 bits per heavy atom. The molecule has 1 aromatic rings. The minimum Gasteiger partial charge on any atom is -0.310 e. The average Bonchev–Trinajstić information content (AvgIpc) is 2.37. The fraction of sp³-hybridized carbons (Fsp3) is 0.667. The number of benzene rings is 1. The Kier molecular flexibility index (Phi) is 7.15. The van der Waals surface area contributed by atoms with E-state index in [1.807, 2.05) is 0 Å². The highest BCUT2D eigenvalue weighted by molar-refractivity contribution is 5.35. The molecule has 108 valence electrons. The first-order chi connectivity index (χ1) is 9.06. The van der Waals surface area contributed by atoms with Gasteiger partial charge in [-0.2, -0.15) is 0 Å². The summed E-state index contributed by atoms with van der Waals surface area (Å²) in [5, 5.41) is 3.73. The lowest BCUT2D eigenvalue weighted by molar-refractivity contribution is 0.446. The van der Waals surface area contributed by atoms with Crippen LogP contribution in [0, 0.1) is 19.8 Å². The first kappa shape index (κ1) is 16.2. The predicted molar refractivity (Wildman–Crippen MR) is 85.6 cm³/mol. The van der Waals surface area contributed by atoms with E-state index in [9.17, 15) is 0 Å². The van der Waals surface area contributed by atoms with Crippen LogP contribution >= 0.6 is 0 Å². The van der Waals surface area contributed by atoms with Crippen molar-refractivity contribution in [2.24, 2.45) is 5.92 Å². The van der Waals surface area contributed by atoms with E-state index in [1.54, 1.807) is 0 Å². The molecule has 1 rings (SSSR count). The summed E-state index contributed by atoms with van der Waals surface area (Å²) in [7, 11) is 0. The van der Waals surface area contributed by atoms with Crippen molar-refractivity contribution in [3.8, 4) is 0 Å². The lowest BCUT2D eigenvalue weighted by Crippen LogP contribution is -2.23. The number of aryl methyl sites for hydroxylation is 1. The van der Waals surface area contributed by atoms with Gasteiger partial charge in [0.25, 0.3) is 0 Å². The van der Waals surface area contributed by atoms with E-state index in [4.69, 9.17) is 0 Å². The van der Waals surface area contributed by atoms with E-state index < -0.39 is 0 Å². The van der Waals surface area contributed by atoms with Crippen molar-refractivity contribution in [2.45, 2.75) is 66.3 Å². The molecule has 1 nitrogen and oxygen atoms in total. The number of nitrogens with one attached hydrogen (secondary N) is 1. The summed E-state index contributed by atoms with van der Waals surface area (Å²) >= 11 is 0. The standard InChI is InChI=1S/C18H31N/c1-6-13-19-18(12-7-9-14(2)3)17-11-8-10-15(4)16(17)5/h8,10-11,14,18-19H,6-7,9,12-13H2,1-5H3. The van der Waals surface area contributed by atoms with Crippen molar-refractivity contribution in [3.05, 3.63) is 34.9 Å². The molecule has 1 N–H and O–H groups in total. The first-order valence-corrected chi connectivity index (χ1v) is 7.85. The molecule has 19 heavy (non-hydrogen) atoms. The maximum absolute atomic E-state index is 3.73. The molecule has 0 aliphatic carbocycles. The Morgan fingerprint density at radius 1 is 1.11 bits per heavy atom. The van der Waals surface area contributed by atoms with Gasteiger partial charge >= 0.3 is 0 Å². The third kappa shape index (κ3) is 5.36. The molecule has 0 heterocycles. The van der Waals surface area contributed by atoms with Crippen LogP contribution in [-0.2, 0) is 0 Å². The number of rotatable bonds is 8. The Morgan fingerprint density at radius 3 is 2.47 bits per heavy atom. The molecule has 1 unspecified atom stereocenters. The lowest BCUT2D eigenvalue weighted by atomic mass is 9.93. The fourth-order valence-corrected chi connectivity index (χ4v) is 2.57. The zero-order chi connectivity index (χ0) is 14.3. The number of hydrogen-bond acceptors (Lipinski definition) is 1. The first-order valence-electron chi connectivity index (χ1n) is 7.85. The molecule has 0 amide bonds. The molecule has 1 atom stereocenters. The highest BCUT2D eigenvalue weighted by Gasteiger charge is 2.13. The van der Waals surface area contributed by atoms with Crippen LogP contribution in [0.25, 0.3) is 0 Å². The van der Waals surface area contributed by atoms with Gasteiger partial charge in [0.1, 0.15) is 0 Å². The zero-order valence-electron chi connectivity index (χ0n) is 13.4. The van der Waals surface area contributed by atoms with Crippen molar-refractivity contribution in [3.63, 3.8) is 0 Å². The SMILES string of the molecule is CCCNC(CCCC(C)C)c1cccc(C)c1C. The summed E-state index contributed by atoms with van der Waals surface area (Å²) in [6.07, 6.45) is 5.09. The van der Waals surface area contributed by atoms with Gasteiger partial charge in [0.05, 0.1) is 0 Å². The van der Waals surface area contributed by atoms with Crippen LogP contribution in [-0.4, -0.2) is 6.54 Å². The van der Waals surface area contributed by atoms with Crippen LogP contribution in [0.4, 0.5) is 0 Å². The summed E-state index contributed by atoms with van der Waals surface area (Å²) in [4.78, 5) is 0. The van der Waals surface area contributed by atoms with Gasteiger partial charge in [0.15, 0.2) is 0 Å². The molecule has 0 saturated heterocycles. The van der Waals surface area contributed by atoms with Crippen molar-refractivity contribution >= 4 is 0 Å². The van der Waals surface area contributed by atoms with Gasteiger partial charge in [-0.3, -0.25) is 0 Å². The molecule has 0 radical (unpaired) electrons. The van der Waals surface area contributed by atoms with Crippen molar-refractivity contribution < 1.29 is 0 Å². The minimum absolute atomic E-state index is 0.526. The second kappa shape index (κ2) is 8.37. The summed E-state index contributed by atoms with van der Waals surface area (Å²) < 4.78 is 0. The zero-order valence-corrected chi connectivity index (χ0v) is 13.4. The van der Waals surface area contributed by atoms with E-state index in [0.29, 0.717) is 6.04 Å². The second-order valence-electron chi connectivity index (χ2n) is 6.12. The fourth-order valence-electron chi connectivity index (χ4n) is 2.57. The summed E-state index contributed by atoms with van der Waals surface area (Å²) in [5.41, 5.74) is 4.36. The molecule has 0 spiro atoms. The van der Waals surface area contributed by atoms with Gasteiger partial charge in [0.2, 0.25) is 0 Å². The topological polar surface area (TPSA) is 12.0 Å². The van der Waals surface area contributed by atoms with E-state index >= 15 is 0 Å². The van der Waals surface area contributed by atoms with E-state index in [1.165, 1.54) is 42.4 Å². The summed E-state index contributed by atoms with van der Waals surface area (Å²) in [6.45, 7) is 12.4. The molecule has 1 heteroatoms. The van der Waals surface area contributed by atoms with E-state index in [-0.39, 0.29) is 0 Å². The van der Waals surface area contributed by atoms with Crippen LogP contribution < -0.4 is 5.32 Å². The molecule has 0 aliphatic heterocycles. The highest BCUT2D eigenvalue weighted by Crippen LogP contribution is 2.25. The molecule has 0 fully saturated rings. The maximum Gasteiger partial charge on any atom is 0.0322 e. The van der Waals surface area contributed by atoms with E-state index in [2.05, 4.69) is 58.1 Å². The van der Waals surface area contributed by atoms with Gasteiger partial charge in [-0.1, -0.05) is 51.8 Å². The molecular formula is C18H31N. The van der Waals surface area contributed by atoms with Gasteiger partial charge < -0.3 is 5.32 Å². The monoisotopic (exact) mass is 261 g/mol. The molecule has 0 saturated carbocycles. The van der Waals surface area contributed by atoms with Crippen LogP contribution in [0.15, 0.2) is 18.2 Å². The molecular weight excluding hydrogens is 230 g/mol. The van der Waals surface area contributed by atoms with Gasteiger partial charge in [0, 0.05) is 6.04 Å². The van der Waals surface area contributed by atoms with E-state index in [0.717, 1.165) is 12.5 Å². The lowest BCUT2D eigenvalue weighted by Gasteiger charge is -2.22. The quantitative estimate of drug-likeness (QED) is 0.680. The second-order valence-corrected chi connectivity index (χ2v) is 6.12. The molecule has 1 aromatic carbocycles. The van der Waals surface area contributed by atoms with Crippen molar-refractivity contribution in [2.75, 3.05) is 6.54 Å². The number of hydrogen-bond donors (Lipinski definition) is 1. The Balaban J connectivity index is 2.74. The van der Waals surface area contributed by atoms with Gasteiger partial charge in [-0.05, 0) is 55.8 Å². The van der Waals surface area contributed by atoms with Crippen molar-refractivity contribution in [1.82, 2.24) is 5.32 Å². The van der Waals surface area contributed by atoms with Gasteiger partial charge in [-0.15, -0.1) is 0 Å². The van der Waals surface area contributed by atoms with Crippen LogP contribution in [0.3, 0.4) is 0 Å². The maximum atomic E-state index is 3.73. The third-order valence-electron chi connectivity index (χ3n) is 3.94. The summed E-state index contributed by atoms with van der Waals surface area (Å²) in [5.74, 6) is 0.811. The smallest absolute Gasteiger partial charge is 0.0322 e. The third-order valence-corrected chi connectivity index (χ3v) is 3.94. The minimum atomic E-state index is 0.526. The highest BCUT2D eigenvalue weighted by atomic mass is 14.9. The Hall–Kier alpha value is -0.820. The normalized spacial score (nSPS) is 12.9. The molecule has 0 bridgehead atoms. The predicted octanol–water partition coefficient (Wildman–Crippen LogP) is 5.17. The Labute approximate surface area is 119 Å². The average molecular weight is 261 g/mol. The molecule has 0 aromatic heterocycles. The largest absolute Gasteiger partial charge is 0.310 e. The van der Waals surface area contributed by atoms with Crippen LogP contribution in [0.2, 0.25) is 0 Å². The van der Waals surface area contributed by atoms with Crippen LogP contribution in [0.5, 0.6) is 0 Å². The van der Waals surface area contributed by atoms with Gasteiger partial charge in [-0.25, -0.2) is 0 Å². The van der Waals surface area contributed by atoms with Crippen molar-refractivity contribution in [1.29, 1.82) is 0 Å². The van der Waals surface area contributed by atoms with Crippen LogP contribution in [0.1, 0.15) is 69.2 Å². The summed E-state index contributed by atoms with van der Waals surface area (Å²) in [6, 6.07) is 7.23.